The third kappa shape index (κ3) is 3.92. The number of aryl methyl sites for hydroxylation is 1. The van der Waals surface area contributed by atoms with Crippen molar-refractivity contribution in [3.05, 3.63) is 53.9 Å². The zero-order chi connectivity index (χ0) is 18.7. The number of hydrogen-bond acceptors (Lipinski definition) is 5. The maximum atomic E-state index is 13.0. The molecule has 1 amide bonds. The van der Waals surface area contributed by atoms with E-state index in [1.807, 2.05) is 7.05 Å². The molecule has 0 radical (unpaired) electrons. The van der Waals surface area contributed by atoms with Gasteiger partial charge in [-0.3, -0.25) is 9.78 Å². The van der Waals surface area contributed by atoms with E-state index < -0.39 is 10.0 Å². The van der Waals surface area contributed by atoms with Gasteiger partial charge in [-0.15, -0.1) is 0 Å². The maximum Gasteiger partial charge on any atom is 0.255 e. The van der Waals surface area contributed by atoms with Crippen LogP contribution in [0.15, 0.2) is 47.6 Å². The van der Waals surface area contributed by atoms with Crippen molar-refractivity contribution in [2.75, 3.05) is 38.5 Å². The van der Waals surface area contributed by atoms with Gasteiger partial charge in [-0.05, 0) is 43.8 Å². The second-order valence-corrected chi connectivity index (χ2v) is 8.29. The maximum absolute atomic E-state index is 13.0. The van der Waals surface area contributed by atoms with E-state index in [1.165, 1.54) is 16.6 Å². The van der Waals surface area contributed by atoms with E-state index in [0.717, 1.165) is 0 Å². The Kier molecular flexibility index (Phi) is 5.36. The van der Waals surface area contributed by atoms with Crippen molar-refractivity contribution in [3.8, 4) is 0 Å². The van der Waals surface area contributed by atoms with Crippen molar-refractivity contribution in [1.82, 2.24) is 14.2 Å². The number of carbonyl (C=O) groups excluding carboxylic acids is 1. The molecule has 0 unspecified atom stereocenters. The Bertz CT molecular complexity index is 892. The lowest BCUT2D eigenvalue weighted by atomic mass is 10.1. The molecule has 1 aromatic carbocycles. The van der Waals surface area contributed by atoms with E-state index in [4.69, 9.17) is 0 Å². The Hall–Kier alpha value is -2.29. The van der Waals surface area contributed by atoms with Gasteiger partial charge in [0.1, 0.15) is 0 Å². The molecule has 1 fully saturated rings. The van der Waals surface area contributed by atoms with E-state index in [0.29, 0.717) is 43.0 Å². The monoisotopic (exact) mass is 374 g/mol. The first-order valence-corrected chi connectivity index (χ1v) is 9.82. The highest BCUT2D eigenvalue weighted by atomic mass is 32.2. The van der Waals surface area contributed by atoms with Gasteiger partial charge in [0.05, 0.1) is 16.8 Å². The summed E-state index contributed by atoms with van der Waals surface area (Å²) < 4.78 is 27.5. The number of benzene rings is 1. The van der Waals surface area contributed by atoms with E-state index in [9.17, 15) is 13.2 Å². The lowest BCUT2D eigenvalue weighted by molar-refractivity contribution is 0.102. The molecule has 0 spiro atoms. The largest absolute Gasteiger partial charge is 0.321 e. The molecule has 7 nitrogen and oxygen atoms in total. The molecule has 2 aromatic rings. The Morgan fingerprint density at radius 1 is 1.15 bits per heavy atom. The first kappa shape index (κ1) is 18.5. The Morgan fingerprint density at radius 2 is 1.88 bits per heavy atom. The van der Waals surface area contributed by atoms with Crippen LogP contribution in [0.25, 0.3) is 0 Å². The average Bonchev–Trinajstić information content (AvgIpc) is 2.63. The van der Waals surface area contributed by atoms with Crippen LogP contribution in [0.1, 0.15) is 15.9 Å². The third-order valence-electron chi connectivity index (χ3n) is 4.45. The predicted molar refractivity (Wildman–Crippen MR) is 99.6 cm³/mol. The topological polar surface area (TPSA) is 82.6 Å². The van der Waals surface area contributed by atoms with Gasteiger partial charge in [0, 0.05) is 37.9 Å². The molecular formula is C18H22N4O3S. The number of likely N-dealkylation sites (N-methyl/N-ethyl adjacent to an activating group) is 1. The molecule has 0 aliphatic carbocycles. The summed E-state index contributed by atoms with van der Waals surface area (Å²) in [6.07, 6.45) is 3.15. The van der Waals surface area contributed by atoms with Crippen LogP contribution in [-0.2, 0) is 10.0 Å². The number of carbonyl (C=O) groups is 1. The van der Waals surface area contributed by atoms with E-state index in [-0.39, 0.29) is 10.8 Å². The predicted octanol–water partition coefficient (Wildman–Crippen LogP) is 1.58. The van der Waals surface area contributed by atoms with Crippen molar-refractivity contribution in [2.24, 2.45) is 0 Å². The van der Waals surface area contributed by atoms with Crippen LogP contribution in [0.3, 0.4) is 0 Å². The number of sulfonamides is 1. The zero-order valence-corrected chi connectivity index (χ0v) is 15.7. The number of nitrogens with zero attached hydrogens (tertiary/aromatic N) is 3. The van der Waals surface area contributed by atoms with Crippen LogP contribution >= 0.6 is 0 Å². The quantitative estimate of drug-likeness (QED) is 0.879. The lowest BCUT2D eigenvalue weighted by Gasteiger charge is -2.32. The summed E-state index contributed by atoms with van der Waals surface area (Å²) in [7, 11) is -1.66. The van der Waals surface area contributed by atoms with Gasteiger partial charge in [0.15, 0.2) is 0 Å². The van der Waals surface area contributed by atoms with Crippen LogP contribution < -0.4 is 5.32 Å². The first-order chi connectivity index (χ1) is 12.4. The summed E-state index contributed by atoms with van der Waals surface area (Å²) in [5, 5.41) is 2.73. The smallest absolute Gasteiger partial charge is 0.255 e. The Labute approximate surface area is 153 Å². The molecule has 0 bridgehead atoms. The van der Waals surface area contributed by atoms with Gasteiger partial charge in [-0.2, -0.15) is 4.31 Å². The van der Waals surface area contributed by atoms with Gasteiger partial charge >= 0.3 is 0 Å². The number of pyridine rings is 1. The molecule has 0 saturated carbocycles. The van der Waals surface area contributed by atoms with Crippen molar-refractivity contribution in [2.45, 2.75) is 11.8 Å². The molecule has 26 heavy (non-hydrogen) atoms. The fourth-order valence-electron chi connectivity index (χ4n) is 2.83. The second kappa shape index (κ2) is 7.53. The first-order valence-electron chi connectivity index (χ1n) is 8.38. The number of anilines is 1. The van der Waals surface area contributed by atoms with E-state index in [1.54, 1.807) is 37.4 Å². The number of nitrogens with one attached hydrogen (secondary N) is 1. The van der Waals surface area contributed by atoms with Crippen LogP contribution in [0.4, 0.5) is 5.69 Å². The van der Waals surface area contributed by atoms with Crippen molar-refractivity contribution in [1.29, 1.82) is 0 Å². The van der Waals surface area contributed by atoms with Crippen molar-refractivity contribution >= 4 is 21.6 Å². The summed E-state index contributed by atoms with van der Waals surface area (Å²) >= 11 is 0. The zero-order valence-electron chi connectivity index (χ0n) is 14.8. The average molecular weight is 374 g/mol. The van der Waals surface area contributed by atoms with Gasteiger partial charge in [-0.25, -0.2) is 8.42 Å². The summed E-state index contributed by atoms with van der Waals surface area (Å²) in [5.74, 6) is -0.368. The molecule has 8 heteroatoms. The normalized spacial score (nSPS) is 16.4. The second-order valence-electron chi connectivity index (χ2n) is 6.38. The molecule has 138 valence electrons. The molecular weight excluding hydrogens is 352 g/mol. The number of rotatable bonds is 4. The lowest BCUT2D eigenvalue weighted by Crippen LogP contribution is -2.47. The van der Waals surface area contributed by atoms with Crippen molar-refractivity contribution in [3.63, 3.8) is 0 Å². The summed E-state index contributed by atoms with van der Waals surface area (Å²) in [4.78, 5) is 18.7. The number of aromatic nitrogens is 1. The highest BCUT2D eigenvalue weighted by Gasteiger charge is 2.29. The summed E-state index contributed by atoms with van der Waals surface area (Å²) in [6, 6.07) is 8.19. The Morgan fingerprint density at radius 3 is 2.54 bits per heavy atom. The minimum atomic E-state index is -3.63. The fourth-order valence-corrected chi connectivity index (χ4v) is 4.50. The molecule has 0 atom stereocenters. The highest BCUT2D eigenvalue weighted by molar-refractivity contribution is 7.89. The van der Waals surface area contributed by atoms with Crippen LogP contribution in [0.5, 0.6) is 0 Å². The minimum Gasteiger partial charge on any atom is -0.321 e. The summed E-state index contributed by atoms with van der Waals surface area (Å²) in [6.45, 7) is 4.03. The molecule has 2 heterocycles. The molecule has 3 rings (SSSR count). The number of piperazine rings is 1. The van der Waals surface area contributed by atoms with Gasteiger partial charge in [0.25, 0.3) is 5.91 Å². The molecule has 1 aliphatic rings. The van der Waals surface area contributed by atoms with Crippen LogP contribution in [0.2, 0.25) is 0 Å². The number of hydrogen-bond donors (Lipinski definition) is 1. The van der Waals surface area contributed by atoms with E-state index >= 15 is 0 Å². The molecule has 1 saturated heterocycles. The van der Waals surface area contributed by atoms with Gasteiger partial charge in [0.2, 0.25) is 10.0 Å². The third-order valence-corrected chi connectivity index (χ3v) is 6.49. The number of amides is 1. The minimum absolute atomic E-state index is 0.181. The van der Waals surface area contributed by atoms with Gasteiger partial charge in [-0.1, -0.05) is 6.07 Å². The molecule has 1 N–H and O–H groups in total. The highest BCUT2D eigenvalue weighted by Crippen LogP contribution is 2.23. The fraction of sp³-hybridized carbons (Fsp3) is 0.333. The van der Waals surface area contributed by atoms with E-state index in [2.05, 4.69) is 15.2 Å². The summed E-state index contributed by atoms with van der Waals surface area (Å²) in [5.41, 5.74) is 1.48. The SMILES string of the molecule is Cc1ccc(C(=O)Nc2cccnc2)cc1S(=O)(=O)N1CCN(C)CC1. The van der Waals surface area contributed by atoms with Crippen LogP contribution in [0, 0.1) is 6.92 Å². The van der Waals surface area contributed by atoms with Gasteiger partial charge < -0.3 is 10.2 Å². The Balaban J connectivity index is 1.86. The standard InChI is InChI=1S/C18H22N4O3S/c1-14-5-6-15(18(23)20-16-4-3-7-19-13-16)12-17(14)26(24,25)22-10-8-21(2)9-11-22/h3-7,12-13H,8-11H2,1-2H3,(H,20,23). The molecule has 1 aliphatic heterocycles. The molecule has 1 aromatic heterocycles. The van der Waals surface area contributed by atoms with Crippen molar-refractivity contribution < 1.29 is 13.2 Å². The van der Waals surface area contributed by atoms with Crippen LogP contribution in [-0.4, -0.2) is 61.7 Å².